The molecule has 0 aliphatic heterocycles. The van der Waals surface area contributed by atoms with Gasteiger partial charge in [-0.15, -0.1) is 0 Å². The topological polar surface area (TPSA) is 35.5 Å². The number of rotatable bonds is 4. The van der Waals surface area contributed by atoms with E-state index in [2.05, 4.69) is 31.9 Å². The van der Waals surface area contributed by atoms with Gasteiger partial charge in [0.05, 0.1) is 29.3 Å². The molecule has 0 spiro atoms. The lowest BCUT2D eigenvalue weighted by Crippen LogP contribution is -2.06. The molecule has 21 heavy (non-hydrogen) atoms. The predicted octanol–water partition coefficient (Wildman–Crippen LogP) is 5.11. The van der Waals surface area contributed by atoms with Crippen LogP contribution in [0.15, 0.2) is 39.3 Å². The van der Waals surface area contributed by atoms with Crippen molar-refractivity contribution in [3.63, 3.8) is 0 Å². The van der Waals surface area contributed by atoms with Gasteiger partial charge in [-0.05, 0) is 56.1 Å². The summed E-state index contributed by atoms with van der Waals surface area (Å²) in [4.78, 5) is 12.7. The second kappa shape index (κ2) is 6.81. The summed E-state index contributed by atoms with van der Waals surface area (Å²) in [5.74, 6) is 0.762. The third-order valence-electron chi connectivity index (χ3n) is 2.91. The Hall–Kier alpha value is -1.04. The predicted molar refractivity (Wildman–Crippen MR) is 89.8 cm³/mol. The molecule has 0 unspecified atom stereocenters. The van der Waals surface area contributed by atoms with Crippen LogP contribution in [0.4, 0.5) is 0 Å². The zero-order chi connectivity index (χ0) is 15.6. The number of hydrogen-bond acceptors (Lipinski definition) is 3. The van der Waals surface area contributed by atoms with Crippen LogP contribution in [-0.2, 0) is 0 Å². The van der Waals surface area contributed by atoms with Crippen molar-refractivity contribution in [2.24, 2.45) is 0 Å². The number of carbonyl (C=O) groups excluding carboxylic acids is 1. The minimum Gasteiger partial charge on any atom is -0.496 e. The van der Waals surface area contributed by atoms with Crippen LogP contribution < -0.4 is 9.47 Å². The highest BCUT2D eigenvalue weighted by Gasteiger charge is 2.20. The van der Waals surface area contributed by atoms with Gasteiger partial charge in [0.2, 0.25) is 0 Å². The van der Waals surface area contributed by atoms with E-state index >= 15 is 0 Å². The maximum absolute atomic E-state index is 12.7. The highest BCUT2D eigenvalue weighted by molar-refractivity contribution is 9.10. The van der Waals surface area contributed by atoms with Gasteiger partial charge in [-0.25, -0.2) is 0 Å². The fourth-order valence-electron chi connectivity index (χ4n) is 1.86. The van der Waals surface area contributed by atoms with Crippen molar-refractivity contribution >= 4 is 49.2 Å². The number of benzene rings is 2. The van der Waals surface area contributed by atoms with Crippen LogP contribution in [0.3, 0.4) is 0 Å². The van der Waals surface area contributed by atoms with Crippen LogP contribution in [-0.4, -0.2) is 20.0 Å². The van der Waals surface area contributed by atoms with Gasteiger partial charge in [-0.3, -0.25) is 4.79 Å². The molecule has 0 aliphatic carbocycles. The van der Waals surface area contributed by atoms with Gasteiger partial charge in [0, 0.05) is 10.0 Å². The molecule has 0 aromatic heterocycles. The largest absolute Gasteiger partial charge is 0.496 e. The standard InChI is InChI=1S/C15H11Br2ClO3/c1-20-12-7-11(17)13(21-2)6-9(12)15(19)8-4-3-5-10(16)14(8)18/h3-7H,1-2H3. The van der Waals surface area contributed by atoms with E-state index in [0.29, 0.717) is 36.6 Å². The van der Waals surface area contributed by atoms with E-state index in [-0.39, 0.29) is 5.78 Å². The number of methoxy groups -OCH3 is 2. The zero-order valence-electron chi connectivity index (χ0n) is 11.2. The monoisotopic (exact) mass is 432 g/mol. The summed E-state index contributed by atoms with van der Waals surface area (Å²) >= 11 is 12.9. The Morgan fingerprint density at radius 2 is 1.67 bits per heavy atom. The van der Waals surface area contributed by atoms with E-state index in [1.807, 2.05) is 0 Å². The van der Waals surface area contributed by atoms with E-state index in [1.54, 1.807) is 30.3 Å². The lowest BCUT2D eigenvalue weighted by atomic mass is 10.0. The summed E-state index contributed by atoms with van der Waals surface area (Å²) in [5, 5.41) is 0.367. The van der Waals surface area contributed by atoms with Crippen molar-refractivity contribution in [3.8, 4) is 11.5 Å². The number of ketones is 1. The minimum absolute atomic E-state index is 0.232. The molecule has 3 nitrogen and oxygen atoms in total. The lowest BCUT2D eigenvalue weighted by Gasteiger charge is -2.12. The van der Waals surface area contributed by atoms with Crippen molar-refractivity contribution in [3.05, 3.63) is 55.4 Å². The number of halogens is 3. The summed E-state index contributed by atoms with van der Waals surface area (Å²) in [5.41, 5.74) is 0.784. The van der Waals surface area contributed by atoms with Crippen molar-refractivity contribution < 1.29 is 14.3 Å². The number of hydrogen-bond donors (Lipinski definition) is 0. The minimum atomic E-state index is -0.232. The van der Waals surface area contributed by atoms with Crippen molar-refractivity contribution in [2.75, 3.05) is 14.2 Å². The Morgan fingerprint density at radius 1 is 1.00 bits per heavy atom. The van der Waals surface area contributed by atoms with Gasteiger partial charge >= 0.3 is 0 Å². The average Bonchev–Trinajstić information content (AvgIpc) is 2.49. The molecule has 0 saturated carbocycles. The molecule has 0 atom stereocenters. The van der Waals surface area contributed by atoms with Gasteiger partial charge < -0.3 is 9.47 Å². The van der Waals surface area contributed by atoms with Crippen molar-refractivity contribution in [2.45, 2.75) is 0 Å². The van der Waals surface area contributed by atoms with Gasteiger partial charge in [0.15, 0.2) is 5.78 Å². The molecule has 0 radical (unpaired) electrons. The third-order valence-corrected chi connectivity index (χ3v) is 4.83. The molecule has 0 amide bonds. The highest BCUT2D eigenvalue weighted by atomic mass is 79.9. The molecule has 0 bridgehead atoms. The number of carbonyl (C=O) groups is 1. The normalized spacial score (nSPS) is 10.3. The molecular weight excluding hydrogens is 423 g/mol. The van der Waals surface area contributed by atoms with E-state index in [1.165, 1.54) is 14.2 Å². The molecule has 0 N–H and O–H groups in total. The van der Waals surface area contributed by atoms with Crippen LogP contribution >= 0.6 is 43.5 Å². The molecule has 110 valence electrons. The molecule has 0 saturated heterocycles. The van der Waals surface area contributed by atoms with Gasteiger partial charge in [0.1, 0.15) is 11.5 Å². The van der Waals surface area contributed by atoms with Gasteiger partial charge in [0.25, 0.3) is 0 Å². The maximum atomic E-state index is 12.7. The summed E-state index contributed by atoms with van der Waals surface area (Å²) < 4.78 is 11.9. The first-order valence-electron chi connectivity index (χ1n) is 5.89. The summed E-state index contributed by atoms with van der Waals surface area (Å²) in [7, 11) is 3.04. The Morgan fingerprint density at radius 3 is 2.29 bits per heavy atom. The molecule has 6 heteroatoms. The Kier molecular flexibility index (Phi) is 5.30. The lowest BCUT2D eigenvalue weighted by molar-refractivity contribution is 0.103. The first kappa shape index (κ1) is 16.3. The summed E-state index contributed by atoms with van der Waals surface area (Å²) in [6.07, 6.45) is 0. The molecular formula is C15H11Br2ClO3. The average molecular weight is 435 g/mol. The summed E-state index contributed by atoms with van der Waals surface area (Å²) in [6.45, 7) is 0. The van der Waals surface area contributed by atoms with Crippen LogP contribution in [0, 0.1) is 0 Å². The fourth-order valence-corrected chi connectivity index (χ4v) is 2.92. The zero-order valence-corrected chi connectivity index (χ0v) is 15.2. The van der Waals surface area contributed by atoms with E-state index in [9.17, 15) is 4.79 Å². The highest BCUT2D eigenvalue weighted by Crippen LogP contribution is 2.35. The SMILES string of the molecule is COc1cc(C(=O)c2cccc(Br)c2Cl)c(OC)cc1Br. The summed E-state index contributed by atoms with van der Waals surface area (Å²) in [6, 6.07) is 8.52. The van der Waals surface area contributed by atoms with Crippen molar-refractivity contribution in [1.82, 2.24) is 0 Å². The molecule has 2 aromatic rings. The first-order chi connectivity index (χ1) is 9.99. The molecule has 0 aliphatic rings. The van der Waals surface area contributed by atoms with E-state index in [4.69, 9.17) is 21.1 Å². The second-order valence-corrected chi connectivity index (χ2v) is 6.20. The fraction of sp³-hybridized carbons (Fsp3) is 0.133. The van der Waals surface area contributed by atoms with E-state index < -0.39 is 0 Å². The van der Waals surface area contributed by atoms with Crippen molar-refractivity contribution in [1.29, 1.82) is 0 Å². The second-order valence-electron chi connectivity index (χ2n) is 4.12. The molecule has 2 rings (SSSR count). The Labute approximate surface area is 144 Å². The Bertz CT molecular complexity index is 702. The third kappa shape index (κ3) is 3.25. The van der Waals surface area contributed by atoms with Crippen LogP contribution in [0.25, 0.3) is 0 Å². The van der Waals surface area contributed by atoms with Crippen LogP contribution in [0.2, 0.25) is 5.02 Å². The smallest absolute Gasteiger partial charge is 0.198 e. The first-order valence-corrected chi connectivity index (χ1v) is 7.86. The van der Waals surface area contributed by atoms with Gasteiger partial charge in [-0.1, -0.05) is 17.7 Å². The van der Waals surface area contributed by atoms with Crippen LogP contribution in [0.1, 0.15) is 15.9 Å². The van der Waals surface area contributed by atoms with Gasteiger partial charge in [-0.2, -0.15) is 0 Å². The molecule has 0 fully saturated rings. The molecule has 0 heterocycles. The Balaban J connectivity index is 2.60. The quantitative estimate of drug-likeness (QED) is 0.627. The maximum Gasteiger partial charge on any atom is 0.198 e. The van der Waals surface area contributed by atoms with E-state index in [0.717, 1.165) is 0 Å². The number of ether oxygens (including phenoxy) is 2. The van der Waals surface area contributed by atoms with Crippen LogP contribution in [0.5, 0.6) is 11.5 Å². The molecule has 2 aromatic carbocycles.